The van der Waals surface area contributed by atoms with Gasteiger partial charge in [0.15, 0.2) is 16.4 Å². The Morgan fingerprint density at radius 2 is 2.03 bits per heavy atom. The first kappa shape index (κ1) is 23.5. The summed E-state index contributed by atoms with van der Waals surface area (Å²) in [4.78, 5) is 11.8. The number of halogens is 4. The van der Waals surface area contributed by atoms with E-state index in [1.165, 1.54) is 14.0 Å². The maximum absolute atomic E-state index is 14.7. The molecule has 33 heavy (non-hydrogen) atoms. The molecular formula is C22H21F4N3O3S. The average Bonchev–Trinajstić information content (AvgIpc) is 3.17. The van der Waals surface area contributed by atoms with Gasteiger partial charge in [-0.3, -0.25) is 4.79 Å². The number of nitrogens with zero attached hydrogens (tertiary/aromatic N) is 2. The molecule has 2 aromatic rings. The lowest BCUT2D eigenvalue weighted by molar-refractivity contribution is -0.147. The largest absolute Gasteiger partial charge is 0.490 e. The number of fused-ring (bicyclic) bond motifs is 2. The molecule has 3 unspecified atom stereocenters. The average molecular weight is 483 g/mol. The lowest BCUT2D eigenvalue weighted by Crippen LogP contribution is -2.53. The molecule has 0 aliphatic carbocycles. The molecule has 4 rings (SSSR count). The highest BCUT2D eigenvalue weighted by atomic mass is 32.2. The van der Waals surface area contributed by atoms with E-state index in [1.54, 1.807) is 0 Å². The minimum Gasteiger partial charge on any atom is -0.490 e. The van der Waals surface area contributed by atoms with E-state index >= 15 is 0 Å². The van der Waals surface area contributed by atoms with Crippen LogP contribution in [0.1, 0.15) is 24.5 Å². The van der Waals surface area contributed by atoms with Crippen molar-refractivity contribution in [3.63, 3.8) is 0 Å². The maximum Gasteiger partial charge on any atom is 0.273 e. The Balaban J connectivity index is 1.97. The third kappa shape index (κ3) is 3.87. The van der Waals surface area contributed by atoms with Crippen molar-refractivity contribution >= 4 is 22.7 Å². The minimum atomic E-state index is -1.52. The van der Waals surface area contributed by atoms with Crippen LogP contribution < -0.4 is 10.5 Å². The van der Waals surface area contributed by atoms with Crippen LogP contribution >= 0.6 is 11.8 Å². The molecule has 176 valence electrons. The molecule has 3 atom stereocenters. The first-order valence-electron chi connectivity index (χ1n) is 10.1. The van der Waals surface area contributed by atoms with Crippen molar-refractivity contribution in [3.8, 4) is 5.75 Å². The van der Waals surface area contributed by atoms with Crippen molar-refractivity contribution in [3.05, 3.63) is 64.7 Å². The highest BCUT2D eigenvalue weighted by Crippen LogP contribution is 2.58. The summed E-state index contributed by atoms with van der Waals surface area (Å²) in [6.45, 7) is 1.61. The van der Waals surface area contributed by atoms with Gasteiger partial charge in [-0.05, 0) is 44.2 Å². The maximum atomic E-state index is 14.7. The van der Waals surface area contributed by atoms with E-state index in [1.807, 2.05) is 0 Å². The number of hydrazone groups is 1. The molecule has 11 heteroatoms. The summed E-state index contributed by atoms with van der Waals surface area (Å²) in [6.07, 6.45) is -0.685. The van der Waals surface area contributed by atoms with Crippen molar-refractivity contribution in [1.82, 2.24) is 5.01 Å². The van der Waals surface area contributed by atoms with E-state index in [-0.39, 0.29) is 35.1 Å². The van der Waals surface area contributed by atoms with Crippen LogP contribution in [0.25, 0.3) is 0 Å². The van der Waals surface area contributed by atoms with Gasteiger partial charge in [0.25, 0.3) is 5.91 Å². The molecule has 1 amide bonds. The van der Waals surface area contributed by atoms with Gasteiger partial charge in [0.2, 0.25) is 0 Å². The van der Waals surface area contributed by atoms with E-state index in [2.05, 4.69) is 5.10 Å². The molecule has 2 heterocycles. The zero-order chi connectivity index (χ0) is 23.9. The zero-order valence-corrected chi connectivity index (χ0v) is 18.6. The van der Waals surface area contributed by atoms with Gasteiger partial charge in [-0.15, -0.1) is 0 Å². The van der Waals surface area contributed by atoms with E-state index in [9.17, 15) is 22.4 Å². The van der Waals surface area contributed by atoms with Gasteiger partial charge in [-0.1, -0.05) is 11.8 Å². The lowest BCUT2D eigenvalue weighted by atomic mass is 9.86. The first-order chi connectivity index (χ1) is 15.7. The van der Waals surface area contributed by atoms with Gasteiger partial charge in [0.1, 0.15) is 28.6 Å². The predicted molar refractivity (Wildman–Crippen MR) is 114 cm³/mol. The van der Waals surface area contributed by atoms with E-state index < -0.39 is 46.1 Å². The Labute approximate surface area is 191 Å². The monoisotopic (exact) mass is 483 g/mol. The number of amides is 1. The molecule has 0 aromatic heterocycles. The summed E-state index contributed by atoms with van der Waals surface area (Å²) in [5.41, 5.74) is 5.63. The number of nitrogens with two attached hydrogens (primary N) is 1. The predicted octanol–water partition coefficient (Wildman–Crippen LogP) is 3.73. The molecule has 0 saturated carbocycles. The summed E-state index contributed by atoms with van der Waals surface area (Å²) in [5, 5.41) is 5.36. The van der Waals surface area contributed by atoms with E-state index in [4.69, 9.17) is 15.2 Å². The zero-order valence-electron chi connectivity index (χ0n) is 17.8. The Morgan fingerprint density at radius 3 is 2.73 bits per heavy atom. The van der Waals surface area contributed by atoms with Gasteiger partial charge in [-0.25, -0.2) is 22.6 Å². The van der Waals surface area contributed by atoms with Crippen molar-refractivity contribution < 1.29 is 31.8 Å². The van der Waals surface area contributed by atoms with Crippen LogP contribution in [0.3, 0.4) is 0 Å². The van der Waals surface area contributed by atoms with Crippen molar-refractivity contribution in [2.24, 2.45) is 16.8 Å². The number of carbonyl (C=O) groups is 1. The van der Waals surface area contributed by atoms with Crippen LogP contribution in [0.4, 0.5) is 17.6 Å². The number of ether oxygens (including phenoxy) is 2. The Hall–Kier alpha value is -2.63. The number of hydrogen-bond acceptors (Lipinski definition) is 6. The smallest absolute Gasteiger partial charge is 0.273 e. The second-order valence-corrected chi connectivity index (χ2v) is 8.92. The quantitative estimate of drug-likeness (QED) is 0.656. The fourth-order valence-corrected chi connectivity index (χ4v) is 5.54. The molecular weight excluding hydrogens is 462 g/mol. The third-order valence-corrected chi connectivity index (χ3v) is 7.25. The van der Waals surface area contributed by atoms with E-state index in [0.717, 1.165) is 41.0 Å². The summed E-state index contributed by atoms with van der Waals surface area (Å²) in [7, 11) is 1.32. The van der Waals surface area contributed by atoms with Gasteiger partial charge >= 0.3 is 0 Å². The van der Waals surface area contributed by atoms with Crippen LogP contribution in [0.2, 0.25) is 0 Å². The number of hydrogen-bond donors (Lipinski definition) is 1. The van der Waals surface area contributed by atoms with Crippen LogP contribution in [0, 0.1) is 29.2 Å². The first-order valence-corrected chi connectivity index (χ1v) is 11.0. The van der Waals surface area contributed by atoms with Gasteiger partial charge in [0.05, 0.1) is 6.61 Å². The van der Waals surface area contributed by atoms with Gasteiger partial charge in [0, 0.05) is 30.2 Å². The Morgan fingerprint density at radius 1 is 1.27 bits per heavy atom. The molecule has 2 aliphatic rings. The molecule has 2 aromatic carbocycles. The molecule has 1 spiro atoms. The summed E-state index contributed by atoms with van der Waals surface area (Å²) in [5.74, 6) is -4.75. The molecule has 0 fully saturated rings. The highest BCUT2D eigenvalue weighted by molar-refractivity contribution is 8.15. The molecule has 0 saturated heterocycles. The van der Waals surface area contributed by atoms with Crippen molar-refractivity contribution in [1.29, 1.82) is 0 Å². The number of methoxy groups -OCH3 is 1. The van der Waals surface area contributed by atoms with Crippen LogP contribution in [0.15, 0.2) is 35.4 Å². The standard InChI is InChI=1S/C22H21F4N3O3S/c1-11(31-2)21(30)29-22(33-20(28-29)15-7-13(23)3-4-17(15)25)12(5-6-27)10-32-19-16(22)8-14(24)9-18(19)26/h3-4,7-9,11-12H,5-6,10,27H2,1-2H3. The van der Waals surface area contributed by atoms with E-state index in [0.29, 0.717) is 12.5 Å². The number of thioether (sulfide) groups is 1. The summed E-state index contributed by atoms with van der Waals surface area (Å²) >= 11 is 0.906. The van der Waals surface area contributed by atoms with Gasteiger partial charge in [-0.2, -0.15) is 5.10 Å². The molecule has 6 nitrogen and oxygen atoms in total. The molecule has 0 radical (unpaired) electrons. The minimum absolute atomic E-state index is 0.0157. The van der Waals surface area contributed by atoms with Crippen LogP contribution in [-0.2, 0) is 14.4 Å². The lowest BCUT2D eigenvalue weighted by Gasteiger charge is -2.45. The summed E-state index contributed by atoms with van der Waals surface area (Å²) < 4.78 is 68.4. The molecule has 2 N–H and O–H groups in total. The number of rotatable bonds is 5. The second kappa shape index (κ2) is 8.96. The Bertz CT molecular complexity index is 1130. The number of carbonyl (C=O) groups excluding carboxylic acids is 1. The third-order valence-electron chi connectivity index (χ3n) is 5.72. The fourth-order valence-electron chi connectivity index (χ4n) is 4.03. The van der Waals surface area contributed by atoms with Crippen LogP contribution in [0.5, 0.6) is 5.75 Å². The van der Waals surface area contributed by atoms with Gasteiger partial charge < -0.3 is 15.2 Å². The highest BCUT2D eigenvalue weighted by Gasteiger charge is 2.58. The normalized spacial score (nSPS) is 22.7. The van der Waals surface area contributed by atoms with Crippen molar-refractivity contribution in [2.45, 2.75) is 24.3 Å². The molecule has 2 aliphatic heterocycles. The van der Waals surface area contributed by atoms with Crippen LogP contribution in [-0.4, -0.2) is 42.3 Å². The fraction of sp³-hybridized carbons (Fsp3) is 0.364. The second-order valence-electron chi connectivity index (χ2n) is 7.71. The number of benzene rings is 2. The topological polar surface area (TPSA) is 77.1 Å². The molecule has 0 bridgehead atoms. The van der Waals surface area contributed by atoms with Crippen molar-refractivity contribution in [2.75, 3.05) is 20.3 Å². The summed E-state index contributed by atoms with van der Waals surface area (Å²) in [6, 6.07) is 4.58. The SMILES string of the molecule is COC(C)C(=O)N1N=C(c2cc(F)ccc2F)SC12c1cc(F)cc(F)c1OCC2CCN. The Kier molecular flexibility index (Phi) is 6.39.